The van der Waals surface area contributed by atoms with E-state index in [2.05, 4.69) is 15.0 Å². The second-order valence-corrected chi connectivity index (χ2v) is 6.41. The molecule has 1 saturated heterocycles. The highest BCUT2D eigenvalue weighted by Crippen LogP contribution is 2.22. The highest BCUT2D eigenvalue weighted by atomic mass is 32.1. The normalized spacial score (nSPS) is 18.7. The van der Waals surface area contributed by atoms with E-state index in [1.54, 1.807) is 23.7 Å². The zero-order valence-electron chi connectivity index (χ0n) is 12.0. The summed E-state index contributed by atoms with van der Waals surface area (Å²) < 4.78 is 0. The molecule has 3 heterocycles. The van der Waals surface area contributed by atoms with Crippen LogP contribution in [0.4, 0.5) is 0 Å². The summed E-state index contributed by atoms with van der Waals surface area (Å²) >= 11 is 1.69. The van der Waals surface area contributed by atoms with Gasteiger partial charge in [-0.1, -0.05) is 0 Å². The molecule has 0 aliphatic carbocycles. The Morgan fingerprint density at radius 2 is 2.29 bits per heavy atom. The molecule has 1 amide bonds. The fourth-order valence-electron chi connectivity index (χ4n) is 2.68. The topological polar surface area (TPSA) is 59.0 Å². The van der Waals surface area contributed by atoms with E-state index < -0.39 is 0 Å². The molecule has 1 aliphatic heterocycles. The number of hydrogen-bond acceptors (Lipinski definition) is 5. The SMILES string of the molecule is Cc1cnc(C(=O)N2CCC[C@@H](Cc3nccs3)C2)cn1. The maximum Gasteiger partial charge on any atom is 0.274 e. The standard InChI is InChI=1S/C15H18N4OS/c1-11-8-18-13(9-17-11)15(20)19-5-2-3-12(10-19)7-14-16-4-6-21-14/h4,6,8-9,12H,2-3,5,7,10H2,1H3/t12-/m0/s1. The third kappa shape index (κ3) is 3.44. The minimum absolute atomic E-state index is 0.00802. The number of carbonyl (C=O) groups is 1. The molecular formula is C15H18N4OS. The molecule has 0 bridgehead atoms. The number of likely N-dealkylation sites (tertiary alicyclic amines) is 1. The molecule has 21 heavy (non-hydrogen) atoms. The number of nitrogens with zero attached hydrogens (tertiary/aromatic N) is 4. The summed E-state index contributed by atoms with van der Waals surface area (Å²) in [5.41, 5.74) is 1.27. The van der Waals surface area contributed by atoms with Crippen molar-refractivity contribution in [1.82, 2.24) is 19.9 Å². The van der Waals surface area contributed by atoms with Crippen LogP contribution in [0.15, 0.2) is 24.0 Å². The van der Waals surface area contributed by atoms with E-state index in [1.165, 1.54) is 0 Å². The van der Waals surface area contributed by atoms with Gasteiger partial charge in [0.1, 0.15) is 5.69 Å². The van der Waals surface area contributed by atoms with Crippen molar-refractivity contribution in [1.29, 1.82) is 0 Å². The van der Waals surface area contributed by atoms with Gasteiger partial charge >= 0.3 is 0 Å². The summed E-state index contributed by atoms with van der Waals surface area (Å²) in [4.78, 5) is 27.1. The number of carbonyl (C=O) groups excluding carboxylic acids is 1. The molecule has 1 atom stereocenters. The summed E-state index contributed by atoms with van der Waals surface area (Å²) in [5, 5.41) is 3.16. The van der Waals surface area contributed by atoms with Crippen LogP contribution in [0.2, 0.25) is 0 Å². The predicted molar refractivity (Wildman–Crippen MR) is 81.2 cm³/mol. The van der Waals surface area contributed by atoms with Gasteiger partial charge in [-0.3, -0.25) is 9.78 Å². The number of rotatable bonds is 3. The quantitative estimate of drug-likeness (QED) is 0.873. The smallest absolute Gasteiger partial charge is 0.274 e. The number of thiazole rings is 1. The lowest BCUT2D eigenvalue weighted by atomic mass is 9.95. The summed E-state index contributed by atoms with van der Waals surface area (Å²) in [6.07, 6.45) is 8.21. The average Bonchev–Trinajstić information content (AvgIpc) is 3.00. The highest BCUT2D eigenvalue weighted by molar-refractivity contribution is 7.09. The largest absolute Gasteiger partial charge is 0.337 e. The van der Waals surface area contributed by atoms with Gasteiger partial charge in [0.2, 0.25) is 0 Å². The monoisotopic (exact) mass is 302 g/mol. The molecule has 2 aromatic rings. The number of hydrogen-bond donors (Lipinski definition) is 0. The maximum atomic E-state index is 12.5. The molecule has 6 heteroatoms. The Labute approximate surface area is 128 Å². The van der Waals surface area contributed by atoms with Gasteiger partial charge in [0, 0.05) is 37.3 Å². The van der Waals surface area contributed by atoms with E-state index in [0.29, 0.717) is 11.6 Å². The zero-order chi connectivity index (χ0) is 14.7. The van der Waals surface area contributed by atoms with Crippen LogP contribution < -0.4 is 0 Å². The first kappa shape index (κ1) is 14.1. The number of aromatic nitrogens is 3. The summed E-state index contributed by atoms with van der Waals surface area (Å²) in [6, 6.07) is 0. The molecule has 2 aromatic heterocycles. The van der Waals surface area contributed by atoms with E-state index in [1.807, 2.05) is 23.4 Å². The summed E-state index contributed by atoms with van der Waals surface area (Å²) in [7, 11) is 0. The Morgan fingerprint density at radius 3 is 3.00 bits per heavy atom. The van der Waals surface area contributed by atoms with Crippen molar-refractivity contribution in [3.05, 3.63) is 40.4 Å². The zero-order valence-corrected chi connectivity index (χ0v) is 12.8. The third-order valence-electron chi connectivity index (χ3n) is 3.75. The Bertz CT molecular complexity index is 597. The van der Waals surface area contributed by atoms with Crippen molar-refractivity contribution in [3.8, 4) is 0 Å². The molecular weight excluding hydrogens is 284 g/mol. The van der Waals surface area contributed by atoms with Crippen LogP contribution in [0.5, 0.6) is 0 Å². The molecule has 0 saturated carbocycles. The fourth-order valence-corrected chi connectivity index (χ4v) is 3.41. The van der Waals surface area contributed by atoms with Gasteiger partial charge in [0.15, 0.2) is 0 Å². The Balaban J connectivity index is 1.65. The van der Waals surface area contributed by atoms with E-state index in [-0.39, 0.29) is 5.91 Å². The van der Waals surface area contributed by atoms with Crippen LogP contribution in [0, 0.1) is 12.8 Å². The van der Waals surface area contributed by atoms with Gasteiger partial charge in [0.25, 0.3) is 5.91 Å². The minimum atomic E-state index is -0.00802. The minimum Gasteiger partial charge on any atom is -0.337 e. The molecule has 0 N–H and O–H groups in total. The molecule has 110 valence electrons. The summed E-state index contributed by atoms with van der Waals surface area (Å²) in [6.45, 7) is 3.46. The van der Waals surface area contributed by atoms with Crippen molar-refractivity contribution in [3.63, 3.8) is 0 Å². The lowest BCUT2D eigenvalue weighted by Crippen LogP contribution is -2.40. The van der Waals surface area contributed by atoms with Crippen LogP contribution in [0.3, 0.4) is 0 Å². The van der Waals surface area contributed by atoms with Crippen LogP contribution in [-0.2, 0) is 6.42 Å². The van der Waals surface area contributed by atoms with Gasteiger partial charge < -0.3 is 4.90 Å². The molecule has 5 nitrogen and oxygen atoms in total. The Morgan fingerprint density at radius 1 is 1.38 bits per heavy atom. The molecule has 0 radical (unpaired) electrons. The predicted octanol–water partition coefficient (Wildman–Crippen LogP) is 2.34. The van der Waals surface area contributed by atoms with Gasteiger partial charge in [-0.25, -0.2) is 9.97 Å². The second-order valence-electron chi connectivity index (χ2n) is 5.43. The molecule has 0 spiro atoms. The maximum absolute atomic E-state index is 12.5. The van der Waals surface area contributed by atoms with Crippen molar-refractivity contribution in [2.24, 2.45) is 5.92 Å². The lowest BCUT2D eigenvalue weighted by Gasteiger charge is -2.32. The first-order chi connectivity index (χ1) is 10.2. The Kier molecular flexibility index (Phi) is 4.24. The van der Waals surface area contributed by atoms with Crippen LogP contribution in [0.25, 0.3) is 0 Å². The lowest BCUT2D eigenvalue weighted by molar-refractivity contribution is 0.0667. The number of amides is 1. The van der Waals surface area contributed by atoms with Gasteiger partial charge in [-0.05, 0) is 25.7 Å². The molecule has 1 fully saturated rings. The second kappa shape index (κ2) is 6.30. The first-order valence-corrected chi connectivity index (χ1v) is 8.06. The first-order valence-electron chi connectivity index (χ1n) is 7.18. The number of piperidine rings is 1. The molecule has 0 aromatic carbocycles. The van der Waals surface area contributed by atoms with Gasteiger partial charge in [0.05, 0.1) is 16.9 Å². The number of aryl methyl sites for hydroxylation is 1. The van der Waals surface area contributed by atoms with Crippen LogP contribution >= 0.6 is 11.3 Å². The van der Waals surface area contributed by atoms with E-state index in [0.717, 1.165) is 43.1 Å². The van der Waals surface area contributed by atoms with Crippen molar-refractivity contribution in [2.45, 2.75) is 26.2 Å². The van der Waals surface area contributed by atoms with Gasteiger partial charge in [-0.2, -0.15) is 0 Å². The van der Waals surface area contributed by atoms with Gasteiger partial charge in [-0.15, -0.1) is 11.3 Å². The van der Waals surface area contributed by atoms with Crippen molar-refractivity contribution < 1.29 is 4.79 Å². The van der Waals surface area contributed by atoms with Crippen molar-refractivity contribution in [2.75, 3.05) is 13.1 Å². The van der Waals surface area contributed by atoms with Crippen molar-refractivity contribution >= 4 is 17.2 Å². The van der Waals surface area contributed by atoms with E-state index in [9.17, 15) is 4.79 Å². The fraction of sp³-hybridized carbons (Fsp3) is 0.467. The van der Waals surface area contributed by atoms with Crippen LogP contribution in [0.1, 0.15) is 34.0 Å². The van der Waals surface area contributed by atoms with E-state index >= 15 is 0 Å². The highest BCUT2D eigenvalue weighted by Gasteiger charge is 2.25. The Hall–Kier alpha value is -1.82. The average molecular weight is 302 g/mol. The third-order valence-corrected chi connectivity index (χ3v) is 4.55. The van der Waals surface area contributed by atoms with Crippen LogP contribution in [-0.4, -0.2) is 38.8 Å². The molecule has 1 aliphatic rings. The molecule has 3 rings (SSSR count). The summed E-state index contributed by atoms with van der Waals surface area (Å²) in [5.74, 6) is 0.485. The van der Waals surface area contributed by atoms with E-state index in [4.69, 9.17) is 0 Å². The molecule has 0 unspecified atom stereocenters.